The lowest BCUT2D eigenvalue weighted by Gasteiger charge is -2.29. The molecule has 9 nitrogen and oxygen atoms in total. The highest BCUT2D eigenvalue weighted by atomic mass is 16.5. The molecule has 150 valence electrons. The van der Waals surface area contributed by atoms with E-state index in [-0.39, 0.29) is 18.4 Å². The third-order valence-electron chi connectivity index (χ3n) is 4.97. The number of pyridine rings is 1. The lowest BCUT2D eigenvalue weighted by molar-refractivity contribution is 0.0591. The van der Waals surface area contributed by atoms with Crippen LogP contribution in [0.25, 0.3) is 0 Å². The highest BCUT2D eigenvalue weighted by Crippen LogP contribution is 2.27. The Kier molecular flexibility index (Phi) is 5.11. The Hall–Kier alpha value is -3.49. The molecule has 0 N–H and O–H groups in total. The molecule has 4 rings (SSSR count). The largest absolute Gasteiger partial charge is 0.469 e. The van der Waals surface area contributed by atoms with Crippen LogP contribution in [0.15, 0.2) is 45.8 Å². The van der Waals surface area contributed by atoms with Crippen molar-refractivity contribution in [1.82, 2.24) is 24.9 Å². The molecule has 0 bridgehead atoms. The summed E-state index contributed by atoms with van der Waals surface area (Å²) in [5.74, 6) is 1.01. The number of furan rings is 1. The minimum Gasteiger partial charge on any atom is -0.469 e. The molecule has 0 aliphatic carbocycles. The summed E-state index contributed by atoms with van der Waals surface area (Å²) >= 11 is 0. The van der Waals surface area contributed by atoms with Crippen LogP contribution in [0.3, 0.4) is 0 Å². The molecule has 2 amide bonds. The third-order valence-corrected chi connectivity index (χ3v) is 4.97. The number of carbonyl (C=O) groups is 2. The van der Waals surface area contributed by atoms with E-state index >= 15 is 0 Å². The van der Waals surface area contributed by atoms with Gasteiger partial charge < -0.3 is 18.7 Å². The van der Waals surface area contributed by atoms with Gasteiger partial charge in [-0.15, -0.1) is 0 Å². The molecule has 1 aliphatic heterocycles. The number of nitrogens with zero attached hydrogens (tertiary/aromatic N) is 5. The maximum Gasteiger partial charge on any atom is 0.257 e. The predicted molar refractivity (Wildman–Crippen MR) is 101 cm³/mol. The molecule has 0 aromatic carbocycles. The summed E-state index contributed by atoms with van der Waals surface area (Å²) in [5.41, 5.74) is 0.983. The summed E-state index contributed by atoms with van der Waals surface area (Å²) in [4.78, 5) is 38.0. The lowest BCUT2D eigenvalue weighted by Crippen LogP contribution is -2.40. The van der Waals surface area contributed by atoms with Crippen molar-refractivity contribution in [3.63, 3.8) is 0 Å². The molecule has 9 heteroatoms. The van der Waals surface area contributed by atoms with Gasteiger partial charge in [-0.2, -0.15) is 4.98 Å². The van der Waals surface area contributed by atoms with Gasteiger partial charge in [0.05, 0.1) is 23.9 Å². The molecule has 29 heavy (non-hydrogen) atoms. The molecular weight excluding hydrogens is 374 g/mol. The summed E-state index contributed by atoms with van der Waals surface area (Å²) < 4.78 is 10.7. The fourth-order valence-electron chi connectivity index (χ4n) is 3.51. The van der Waals surface area contributed by atoms with Gasteiger partial charge in [0.15, 0.2) is 5.82 Å². The number of aryl methyl sites for hydroxylation is 2. The first kappa shape index (κ1) is 18.9. The van der Waals surface area contributed by atoms with Gasteiger partial charge in [-0.3, -0.25) is 14.6 Å². The maximum absolute atomic E-state index is 13.2. The summed E-state index contributed by atoms with van der Waals surface area (Å²) in [6.07, 6.45) is 5.27. The SMILES string of the molecule is Cc1noc(C2CN(C(=O)c3ccoc3C)CCCN2C(=O)c2cccnc2)n1. The van der Waals surface area contributed by atoms with Gasteiger partial charge in [0.2, 0.25) is 0 Å². The average Bonchev–Trinajstić information content (AvgIpc) is 3.29. The summed E-state index contributed by atoms with van der Waals surface area (Å²) in [6, 6.07) is 4.54. The fourth-order valence-corrected chi connectivity index (χ4v) is 3.51. The lowest BCUT2D eigenvalue weighted by atomic mass is 10.1. The Balaban J connectivity index is 1.67. The number of hydrogen-bond acceptors (Lipinski definition) is 7. The van der Waals surface area contributed by atoms with Gasteiger partial charge in [-0.25, -0.2) is 0 Å². The van der Waals surface area contributed by atoms with Gasteiger partial charge in [-0.1, -0.05) is 5.16 Å². The first-order chi connectivity index (χ1) is 14.0. The Morgan fingerprint density at radius 2 is 2.03 bits per heavy atom. The number of carbonyl (C=O) groups excluding carboxylic acids is 2. The van der Waals surface area contributed by atoms with E-state index in [9.17, 15) is 9.59 Å². The van der Waals surface area contributed by atoms with Crippen LogP contribution in [0.4, 0.5) is 0 Å². The van der Waals surface area contributed by atoms with Gasteiger partial charge in [0.1, 0.15) is 11.8 Å². The molecule has 4 heterocycles. The Bertz CT molecular complexity index is 1010. The second-order valence-corrected chi connectivity index (χ2v) is 6.93. The average molecular weight is 395 g/mol. The molecule has 1 fully saturated rings. The van der Waals surface area contributed by atoms with E-state index in [1.54, 1.807) is 48.0 Å². The highest BCUT2D eigenvalue weighted by molar-refractivity contribution is 5.96. The van der Waals surface area contributed by atoms with Crippen LogP contribution < -0.4 is 0 Å². The van der Waals surface area contributed by atoms with Crippen LogP contribution in [0.5, 0.6) is 0 Å². The highest BCUT2D eigenvalue weighted by Gasteiger charge is 2.36. The van der Waals surface area contributed by atoms with E-state index in [4.69, 9.17) is 8.94 Å². The van der Waals surface area contributed by atoms with Crippen LogP contribution in [0.1, 0.15) is 50.7 Å². The van der Waals surface area contributed by atoms with Crippen molar-refractivity contribution >= 4 is 11.8 Å². The molecule has 1 atom stereocenters. The van der Waals surface area contributed by atoms with E-state index in [0.29, 0.717) is 48.1 Å². The van der Waals surface area contributed by atoms with Crippen LogP contribution in [0.2, 0.25) is 0 Å². The molecule has 3 aromatic rings. The van der Waals surface area contributed by atoms with Crippen molar-refractivity contribution in [3.8, 4) is 0 Å². The van der Waals surface area contributed by atoms with Crippen LogP contribution in [0, 0.1) is 13.8 Å². The molecule has 1 saturated heterocycles. The number of amides is 2. The summed E-state index contributed by atoms with van der Waals surface area (Å²) in [6.45, 7) is 4.67. The van der Waals surface area contributed by atoms with Crippen molar-refractivity contribution < 1.29 is 18.5 Å². The van der Waals surface area contributed by atoms with Crippen LogP contribution >= 0.6 is 0 Å². The molecule has 1 unspecified atom stereocenters. The molecular formula is C20H21N5O4. The zero-order chi connectivity index (χ0) is 20.4. The van der Waals surface area contributed by atoms with Gasteiger partial charge in [0, 0.05) is 25.5 Å². The van der Waals surface area contributed by atoms with Crippen molar-refractivity contribution in [2.45, 2.75) is 26.3 Å². The first-order valence-corrected chi connectivity index (χ1v) is 9.39. The number of rotatable bonds is 3. The van der Waals surface area contributed by atoms with Crippen molar-refractivity contribution in [2.24, 2.45) is 0 Å². The normalized spacial score (nSPS) is 17.2. The van der Waals surface area contributed by atoms with Gasteiger partial charge in [0.25, 0.3) is 17.7 Å². The molecule has 0 radical (unpaired) electrons. The fraction of sp³-hybridized carbons (Fsp3) is 0.350. The Morgan fingerprint density at radius 1 is 1.17 bits per heavy atom. The summed E-state index contributed by atoms with van der Waals surface area (Å²) in [5, 5.41) is 3.87. The second kappa shape index (κ2) is 7.86. The van der Waals surface area contributed by atoms with E-state index in [1.807, 2.05) is 0 Å². The third kappa shape index (κ3) is 3.75. The zero-order valence-corrected chi connectivity index (χ0v) is 16.2. The zero-order valence-electron chi connectivity index (χ0n) is 16.2. The monoisotopic (exact) mass is 395 g/mol. The predicted octanol–water partition coefficient (Wildman–Crippen LogP) is 2.40. The minimum atomic E-state index is -0.553. The van der Waals surface area contributed by atoms with Gasteiger partial charge >= 0.3 is 0 Å². The number of aromatic nitrogens is 3. The molecule has 0 spiro atoms. The van der Waals surface area contributed by atoms with Crippen molar-refractivity contribution in [3.05, 3.63) is 65.5 Å². The van der Waals surface area contributed by atoms with E-state index in [1.165, 1.54) is 12.5 Å². The summed E-state index contributed by atoms with van der Waals surface area (Å²) in [7, 11) is 0. The van der Waals surface area contributed by atoms with Gasteiger partial charge in [-0.05, 0) is 38.5 Å². The Morgan fingerprint density at radius 3 is 2.69 bits per heavy atom. The standard InChI is InChI=1S/C20H21N5O4/c1-13-16(6-10-28-13)20(27)24-8-4-9-25(19(26)15-5-3-7-21-11-15)17(12-24)18-22-14(2)23-29-18/h3,5-7,10-11,17H,4,8-9,12H2,1-2H3. The topological polar surface area (TPSA) is 106 Å². The smallest absolute Gasteiger partial charge is 0.257 e. The minimum absolute atomic E-state index is 0.145. The maximum atomic E-state index is 13.2. The molecule has 3 aromatic heterocycles. The van der Waals surface area contributed by atoms with Crippen LogP contribution in [-0.2, 0) is 0 Å². The second-order valence-electron chi connectivity index (χ2n) is 6.93. The Labute approximate surface area is 167 Å². The quantitative estimate of drug-likeness (QED) is 0.670. The van der Waals surface area contributed by atoms with E-state index in [0.717, 1.165) is 0 Å². The van der Waals surface area contributed by atoms with Crippen LogP contribution in [-0.4, -0.2) is 56.4 Å². The number of hydrogen-bond donors (Lipinski definition) is 0. The molecule has 1 aliphatic rings. The van der Waals surface area contributed by atoms with Crippen molar-refractivity contribution in [2.75, 3.05) is 19.6 Å². The molecule has 0 saturated carbocycles. The van der Waals surface area contributed by atoms with Crippen molar-refractivity contribution in [1.29, 1.82) is 0 Å². The first-order valence-electron chi connectivity index (χ1n) is 9.39. The van der Waals surface area contributed by atoms with E-state index in [2.05, 4.69) is 15.1 Å². The van der Waals surface area contributed by atoms with E-state index < -0.39 is 6.04 Å².